The van der Waals surface area contributed by atoms with E-state index < -0.39 is 12.0 Å². The summed E-state index contributed by atoms with van der Waals surface area (Å²) in [6, 6.07) is 16.4. The van der Waals surface area contributed by atoms with Crippen molar-refractivity contribution in [2.24, 2.45) is 0 Å². The number of hydrogen-bond acceptors (Lipinski definition) is 5. The number of nitrogens with one attached hydrogen (secondary N) is 2. The first kappa shape index (κ1) is 21.2. The van der Waals surface area contributed by atoms with Gasteiger partial charge in [0.1, 0.15) is 0 Å². The van der Waals surface area contributed by atoms with E-state index in [-0.39, 0.29) is 6.03 Å². The first-order valence-corrected chi connectivity index (χ1v) is 10.6. The summed E-state index contributed by atoms with van der Waals surface area (Å²) in [4.78, 5) is 29.7. The number of carbonyl (C=O) groups excluding carboxylic acids is 2. The molecule has 2 heterocycles. The second kappa shape index (κ2) is 9.41. The molecule has 162 valence electrons. The summed E-state index contributed by atoms with van der Waals surface area (Å²) in [6.45, 7) is 3.80. The number of methoxy groups -OCH3 is 1. The van der Waals surface area contributed by atoms with Crippen molar-refractivity contribution in [1.29, 1.82) is 0 Å². The molecule has 8 heteroatoms. The van der Waals surface area contributed by atoms with Crippen molar-refractivity contribution in [3.8, 4) is 0 Å². The number of esters is 1. The molecule has 4 rings (SSSR count). The predicted molar refractivity (Wildman–Crippen MR) is 120 cm³/mol. The number of rotatable bonds is 5. The molecule has 0 aromatic heterocycles. The van der Waals surface area contributed by atoms with Crippen molar-refractivity contribution in [2.75, 3.05) is 44.7 Å². The van der Waals surface area contributed by atoms with Gasteiger partial charge >= 0.3 is 12.0 Å². The normalized spacial score (nSPS) is 19.6. The molecule has 2 aliphatic rings. The van der Waals surface area contributed by atoms with Gasteiger partial charge < -0.3 is 20.3 Å². The van der Waals surface area contributed by atoms with E-state index in [1.54, 1.807) is 12.1 Å². The van der Waals surface area contributed by atoms with E-state index in [0.717, 1.165) is 26.2 Å². The largest absolute Gasteiger partial charge is 0.466 e. The third kappa shape index (κ3) is 4.68. The average molecular weight is 441 g/mol. The van der Waals surface area contributed by atoms with E-state index in [1.807, 2.05) is 30.3 Å². The quantitative estimate of drug-likeness (QED) is 0.699. The molecule has 2 amide bonds. The molecule has 0 spiro atoms. The summed E-state index contributed by atoms with van der Waals surface area (Å²) in [7, 11) is 1.34. The molecule has 2 aromatic rings. The van der Waals surface area contributed by atoms with E-state index in [2.05, 4.69) is 32.6 Å². The SMILES string of the molecule is COC(=O)C1=C(CN2CCN(c3ccccc3)CC2)NC(=O)N[C@H]1c1ccccc1Cl. The van der Waals surface area contributed by atoms with Gasteiger partial charge in [0.15, 0.2) is 0 Å². The number of ether oxygens (including phenoxy) is 1. The number of urea groups is 1. The summed E-state index contributed by atoms with van der Waals surface area (Å²) in [5, 5.41) is 6.11. The first-order valence-electron chi connectivity index (χ1n) is 10.2. The van der Waals surface area contributed by atoms with E-state index in [9.17, 15) is 9.59 Å². The Morgan fingerprint density at radius 1 is 1.06 bits per heavy atom. The second-order valence-corrected chi connectivity index (χ2v) is 7.94. The summed E-state index contributed by atoms with van der Waals surface area (Å²) in [6.07, 6.45) is 0. The van der Waals surface area contributed by atoms with Gasteiger partial charge in [0.25, 0.3) is 0 Å². The van der Waals surface area contributed by atoms with Crippen LogP contribution in [0.3, 0.4) is 0 Å². The Kier molecular flexibility index (Phi) is 6.44. The van der Waals surface area contributed by atoms with E-state index in [1.165, 1.54) is 12.8 Å². The number of nitrogens with zero attached hydrogens (tertiary/aromatic N) is 2. The molecular weight excluding hydrogens is 416 g/mol. The Morgan fingerprint density at radius 2 is 1.74 bits per heavy atom. The van der Waals surface area contributed by atoms with Crippen LogP contribution < -0.4 is 15.5 Å². The lowest BCUT2D eigenvalue weighted by atomic mass is 9.95. The van der Waals surface area contributed by atoms with E-state index in [0.29, 0.717) is 28.4 Å². The number of halogens is 1. The van der Waals surface area contributed by atoms with Crippen LogP contribution in [0.15, 0.2) is 65.9 Å². The Labute approximate surface area is 186 Å². The molecule has 0 unspecified atom stereocenters. The average Bonchev–Trinajstić information content (AvgIpc) is 2.80. The third-order valence-electron chi connectivity index (χ3n) is 5.65. The molecule has 2 aliphatic heterocycles. The van der Waals surface area contributed by atoms with Crippen LogP contribution in [0.25, 0.3) is 0 Å². The number of carbonyl (C=O) groups is 2. The maximum Gasteiger partial charge on any atom is 0.338 e. The fraction of sp³-hybridized carbons (Fsp3) is 0.304. The lowest BCUT2D eigenvalue weighted by Gasteiger charge is -2.38. The fourth-order valence-corrected chi connectivity index (χ4v) is 4.31. The van der Waals surface area contributed by atoms with Crippen LogP contribution in [0.1, 0.15) is 11.6 Å². The Bertz CT molecular complexity index is 987. The molecule has 1 fully saturated rings. The Hall–Kier alpha value is -3.03. The molecule has 0 saturated carbocycles. The van der Waals surface area contributed by atoms with Gasteiger partial charge in [0.05, 0.1) is 18.7 Å². The number of piperazine rings is 1. The van der Waals surface area contributed by atoms with Gasteiger partial charge in [-0.15, -0.1) is 0 Å². The fourth-order valence-electron chi connectivity index (χ4n) is 4.06. The predicted octanol–water partition coefficient (Wildman–Crippen LogP) is 2.94. The summed E-state index contributed by atoms with van der Waals surface area (Å²) in [5.74, 6) is -0.490. The zero-order chi connectivity index (χ0) is 21.8. The van der Waals surface area contributed by atoms with E-state index in [4.69, 9.17) is 16.3 Å². The topological polar surface area (TPSA) is 73.9 Å². The highest BCUT2D eigenvalue weighted by atomic mass is 35.5. The summed E-state index contributed by atoms with van der Waals surface area (Å²) in [5.41, 5.74) is 2.78. The minimum Gasteiger partial charge on any atom is -0.466 e. The minimum absolute atomic E-state index is 0.365. The van der Waals surface area contributed by atoms with Crippen molar-refractivity contribution >= 4 is 29.3 Å². The van der Waals surface area contributed by atoms with Crippen LogP contribution in [0.4, 0.5) is 10.5 Å². The zero-order valence-electron chi connectivity index (χ0n) is 17.3. The highest BCUT2D eigenvalue weighted by molar-refractivity contribution is 6.31. The number of hydrogen-bond donors (Lipinski definition) is 2. The standard InChI is InChI=1S/C23H25ClN4O3/c1-31-22(29)20-19(25-23(30)26-21(20)17-9-5-6-10-18(17)24)15-27-11-13-28(14-12-27)16-7-3-2-4-8-16/h2-10,21H,11-15H2,1H3,(H2,25,26,30)/t21-/m0/s1. The molecule has 2 N–H and O–H groups in total. The van der Waals surface area contributed by atoms with E-state index >= 15 is 0 Å². The zero-order valence-corrected chi connectivity index (χ0v) is 18.1. The Morgan fingerprint density at radius 3 is 2.42 bits per heavy atom. The van der Waals surface area contributed by atoms with Gasteiger partial charge in [0, 0.05) is 49.1 Å². The van der Waals surface area contributed by atoms with Gasteiger partial charge in [-0.1, -0.05) is 48.0 Å². The van der Waals surface area contributed by atoms with Crippen LogP contribution in [-0.4, -0.2) is 56.7 Å². The van der Waals surface area contributed by atoms with Crippen LogP contribution in [0.5, 0.6) is 0 Å². The molecule has 31 heavy (non-hydrogen) atoms. The molecule has 1 atom stereocenters. The Balaban J connectivity index is 1.56. The van der Waals surface area contributed by atoms with Crippen LogP contribution in [0.2, 0.25) is 5.02 Å². The third-order valence-corrected chi connectivity index (χ3v) is 5.99. The number of amides is 2. The van der Waals surface area contributed by atoms with Gasteiger partial charge in [-0.25, -0.2) is 9.59 Å². The van der Waals surface area contributed by atoms with Crippen molar-refractivity contribution in [2.45, 2.75) is 6.04 Å². The van der Waals surface area contributed by atoms with Gasteiger partial charge in [-0.2, -0.15) is 0 Å². The molecule has 2 aromatic carbocycles. The lowest BCUT2D eigenvalue weighted by Crippen LogP contribution is -2.51. The maximum absolute atomic E-state index is 12.7. The summed E-state index contributed by atoms with van der Waals surface area (Å²) < 4.78 is 5.05. The van der Waals surface area contributed by atoms with Crippen LogP contribution in [-0.2, 0) is 9.53 Å². The highest BCUT2D eigenvalue weighted by Gasteiger charge is 2.35. The molecular formula is C23H25ClN4O3. The van der Waals surface area contributed by atoms with Crippen molar-refractivity contribution in [3.05, 3.63) is 76.5 Å². The smallest absolute Gasteiger partial charge is 0.338 e. The molecule has 1 saturated heterocycles. The lowest BCUT2D eigenvalue weighted by molar-refractivity contribution is -0.136. The molecule has 0 aliphatic carbocycles. The molecule has 0 radical (unpaired) electrons. The van der Waals surface area contributed by atoms with Gasteiger partial charge in [0.2, 0.25) is 0 Å². The summed E-state index contributed by atoms with van der Waals surface area (Å²) >= 11 is 6.37. The van der Waals surface area contributed by atoms with Gasteiger partial charge in [-0.05, 0) is 23.8 Å². The van der Waals surface area contributed by atoms with Crippen LogP contribution >= 0.6 is 11.6 Å². The second-order valence-electron chi connectivity index (χ2n) is 7.54. The van der Waals surface area contributed by atoms with Crippen molar-refractivity contribution < 1.29 is 14.3 Å². The highest BCUT2D eigenvalue weighted by Crippen LogP contribution is 2.32. The number of anilines is 1. The number of benzene rings is 2. The van der Waals surface area contributed by atoms with Crippen molar-refractivity contribution in [1.82, 2.24) is 15.5 Å². The van der Waals surface area contributed by atoms with Gasteiger partial charge in [-0.3, -0.25) is 4.90 Å². The van der Waals surface area contributed by atoms with Crippen LogP contribution in [0, 0.1) is 0 Å². The maximum atomic E-state index is 12.7. The molecule has 0 bridgehead atoms. The first-order chi connectivity index (χ1) is 15.1. The number of para-hydroxylation sites is 1. The molecule has 7 nitrogen and oxygen atoms in total. The monoisotopic (exact) mass is 440 g/mol. The van der Waals surface area contributed by atoms with Crippen molar-refractivity contribution in [3.63, 3.8) is 0 Å². The minimum atomic E-state index is -0.671.